The Hall–Kier alpha value is -1.84. The van der Waals surface area contributed by atoms with Gasteiger partial charge < -0.3 is 10.8 Å². The topological polar surface area (TPSA) is 49.5 Å². The number of nitrogens with two attached hydrogens (primary N) is 1. The number of hydrogen-bond donors (Lipinski definition) is 2. The van der Waals surface area contributed by atoms with Crippen LogP contribution < -0.4 is 5.73 Å². The van der Waals surface area contributed by atoms with Crippen molar-refractivity contribution >= 4 is 0 Å². The Bertz CT molecular complexity index is 558. The lowest BCUT2D eigenvalue weighted by Gasteiger charge is -2.22. The molecule has 21 heavy (non-hydrogen) atoms. The van der Waals surface area contributed by atoms with Gasteiger partial charge in [-0.25, -0.2) is 0 Å². The lowest BCUT2D eigenvalue weighted by Crippen LogP contribution is -2.28. The lowest BCUT2D eigenvalue weighted by molar-refractivity contribution is 0.264. The van der Waals surface area contributed by atoms with Gasteiger partial charge in [-0.3, -0.25) is 4.90 Å². The Kier molecular flexibility index (Phi) is 5.37. The van der Waals surface area contributed by atoms with Crippen molar-refractivity contribution in [1.29, 1.82) is 0 Å². The summed E-state index contributed by atoms with van der Waals surface area (Å²) in [6.07, 6.45) is 0. The number of rotatable bonds is 6. The van der Waals surface area contributed by atoms with Crippen LogP contribution in [0.2, 0.25) is 0 Å². The Balaban J connectivity index is 2.12. The second kappa shape index (κ2) is 7.25. The van der Waals surface area contributed by atoms with Gasteiger partial charge in [0.05, 0.1) is 0 Å². The van der Waals surface area contributed by atoms with Crippen molar-refractivity contribution < 1.29 is 5.11 Å². The van der Waals surface area contributed by atoms with Crippen LogP contribution in [0.4, 0.5) is 0 Å². The molecule has 112 valence electrons. The Morgan fingerprint density at radius 2 is 1.52 bits per heavy atom. The zero-order valence-corrected chi connectivity index (χ0v) is 12.8. The largest absolute Gasteiger partial charge is 0.507 e. The molecule has 2 aromatic rings. The van der Waals surface area contributed by atoms with E-state index < -0.39 is 0 Å². The van der Waals surface area contributed by atoms with E-state index in [4.69, 9.17) is 5.73 Å². The summed E-state index contributed by atoms with van der Waals surface area (Å²) in [6, 6.07) is 14.5. The summed E-state index contributed by atoms with van der Waals surface area (Å²) in [5.41, 5.74) is 10.1. The third-order valence-corrected chi connectivity index (χ3v) is 3.65. The summed E-state index contributed by atoms with van der Waals surface area (Å²) in [6.45, 7) is 7.11. The molecule has 2 rings (SSSR count). The van der Waals surface area contributed by atoms with E-state index in [1.807, 2.05) is 19.9 Å². The van der Waals surface area contributed by atoms with Crippen molar-refractivity contribution in [2.75, 3.05) is 13.1 Å². The van der Waals surface area contributed by atoms with E-state index in [0.29, 0.717) is 12.3 Å². The number of phenols is 1. The summed E-state index contributed by atoms with van der Waals surface area (Å²) in [7, 11) is 0. The molecule has 0 atom stereocenters. The summed E-state index contributed by atoms with van der Waals surface area (Å²) < 4.78 is 0. The number of nitrogens with zero attached hydrogens (tertiary/aromatic N) is 1. The molecule has 3 nitrogen and oxygen atoms in total. The minimum atomic E-state index is 0.396. The van der Waals surface area contributed by atoms with Crippen molar-refractivity contribution in [2.45, 2.75) is 26.9 Å². The van der Waals surface area contributed by atoms with Crippen LogP contribution in [0.25, 0.3) is 0 Å². The van der Waals surface area contributed by atoms with Gasteiger partial charge in [0, 0.05) is 26.2 Å². The highest BCUT2D eigenvalue weighted by Gasteiger charge is 2.09. The second-order valence-electron chi connectivity index (χ2n) is 5.56. The number of phenolic OH excluding ortho intramolecular Hbond substituents is 1. The highest BCUT2D eigenvalue weighted by molar-refractivity contribution is 5.42. The fraction of sp³-hybridized carbons (Fsp3) is 0.333. The van der Waals surface area contributed by atoms with Gasteiger partial charge in [0.15, 0.2) is 0 Å². The molecule has 2 aromatic carbocycles. The summed E-state index contributed by atoms with van der Waals surface area (Å²) >= 11 is 0. The van der Waals surface area contributed by atoms with Gasteiger partial charge >= 0.3 is 0 Å². The number of aryl methyl sites for hydroxylation is 2. The summed E-state index contributed by atoms with van der Waals surface area (Å²) in [4.78, 5) is 2.33. The number of hydrogen-bond acceptors (Lipinski definition) is 3. The van der Waals surface area contributed by atoms with Crippen LogP contribution in [0, 0.1) is 13.8 Å². The van der Waals surface area contributed by atoms with Crippen molar-refractivity contribution in [3.8, 4) is 5.75 Å². The predicted octanol–water partition coefficient (Wildman–Crippen LogP) is 2.97. The van der Waals surface area contributed by atoms with Crippen LogP contribution in [0.15, 0.2) is 42.5 Å². The zero-order valence-electron chi connectivity index (χ0n) is 12.8. The maximum atomic E-state index is 9.87. The van der Waals surface area contributed by atoms with Gasteiger partial charge in [0.1, 0.15) is 5.75 Å². The molecule has 0 unspecified atom stereocenters. The van der Waals surface area contributed by atoms with E-state index in [-0.39, 0.29) is 0 Å². The predicted molar refractivity (Wildman–Crippen MR) is 87.2 cm³/mol. The first kappa shape index (κ1) is 15.5. The maximum Gasteiger partial charge on any atom is 0.121 e. The zero-order chi connectivity index (χ0) is 15.2. The highest BCUT2D eigenvalue weighted by Crippen LogP contribution is 2.23. The van der Waals surface area contributed by atoms with Gasteiger partial charge in [0.25, 0.3) is 0 Å². The molecule has 0 bridgehead atoms. The van der Waals surface area contributed by atoms with Crippen molar-refractivity contribution in [1.82, 2.24) is 4.90 Å². The average molecular weight is 284 g/mol. The standard InChI is InChI=1S/C18H24N2O/c1-14-10-17(11-15(2)18(14)21)13-20(9-8-19)12-16-6-4-3-5-7-16/h3-7,10-11,21H,8-9,12-13,19H2,1-2H3. The van der Waals surface area contributed by atoms with Crippen molar-refractivity contribution in [3.63, 3.8) is 0 Å². The third-order valence-electron chi connectivity index (χ3n) is 3.65. The van der Waals surface area contributed by atoms with Crippen LogP contribution in [0.5, 0.6) is 5.75 Å². The van der Waals surface area contributed by atoms with Crippen LogP contribution in [0.1, 0.15) is 22.3 Å². The van der Waals surface area contributed by atoms with E-state index in [9.17, 15) is 5.11 Å². The van der Waals surface area contributed by atoms with Gasteiger partial charge in [-0.2, -0.15) is 0 Å². The number of benzene rings is 2. The highest BCUT2D eigenvalue weighted by atomic mass is 16.3. The quantitative estimate of drug-likeness (QED) is 0.857. The van der Waals surface area contributed by atoms with Gasteiger partial charge in [-0.1, -0.05) is 42.5 Å². The first-order valence-electron chi connectivity index (χ1n) is 7.35. The van der Waals surface area contributed by atoms with E-state index in [0.717, 1.165) is 30.8 Å². The SMILES string of the molecule is Cc1cc(CN(CCN)Cc2ccccc2)cc(C)c1O. The molecule has 0 fully saturated rings. The average Bonchev–Trinajstić information content (AvgIpc) is 2.46. The molecular weight excluding hydrogens is 260 g/mol. The lowest BCUT2D eigenvalue weighted by atomic mass is 10.0. The fourth-order valence-electron chi connectivity index (χ4n) is 2.63. The molecule has 0 amide bonds. The van der Waals surface area contributed by atoms with E-state index in [2.05, 4.69) is 41.3 Å². The molecule has 0 spiro atoms. The fourth-order valence-corrected chi connectivity index (χ4v) is 2.63. The van der Waals surface area contributed by atoms with Crippen LogP contribution in [-0.4, -0.2) is 23.1 Å². The van der Waals surface area contributed by atoms with Gasteiger partial charge in [-0.05, 0) is 36.1 Å². The van der Waals surface area contributed by atoms with Crippen LogP contribution >= 0.6 is 0 Å². The molecular formula is C18H24N2O. The van der Waals surface area contributed by atoms with E-state index >= 15 is 0 Å². The molecule has 0 aliphatic rings. The normalized spacial score (nSPS) is 11.0. The molecule has 0 aliphatic carbocycles. The molecule has 0 saturated heterocycles. The maximum absolute atomic E-state index is 9.87. The molecule has 3 N–H and O–H groups in total. The summed E-state index contributed by atoms with van der Waals surface area (Å²) in [5.74, 6) is 0.396. The van der Waals surface area contributed by atoms with Crippen LogP contribution in [-0.2, 0) is 13.1 Å². The Morgan fingerprint density at radius 3 is 2.10 bits per heavy atom. The smallest absolute Gasteiger partial charge is 0.121 e. The van der Waals surface area contributed by atoms with Crippen LogP contribution in [0.3, 0.4) is 0 Å². The molecule has 0 saturated carbocycles. The minimum absolute atomic E-state index is 0.396. The van der Waals surface area contributed by atoms with Gasteiger partial charge in [0.2, 0.25) is 0 Å². The first-order valence-corrected chi connectivity index (χ1v) is 7.35. The Morgan fingerprint density at radius 1 is 0.952 bits per heavy atom. The van der Waals surface area contributed by atoms with E-state index in [1.165, 1.54) is 11.1 Å². The van der Waals surface area contributed by atoms with Gasteiger partial charge in [-0.15, -0.1) is 0 Å². The molecule has 0 heterocycles. The second-order valence-corrected chi connectivity index (χ2v) is 5.56. The molecule has 3 heteroatoms. The summed E-state index contributed by atoms with van der Waals surface area (Å²) in [5, 5.41) is 9.87. The number of aromatic hydroxyl groups is 1. The van der Waals surface area contributed by atoms with Crippen molar-refractivity contribution in [2.24, 2.45) is 5.73 Å². The molecule has 0 aliphatic heterocycles. The molecule has 0 radical (unpaired) electrons. The first-order chi connectivity index (χ1) is 10.1. The van der Waals surface area contributed by atoms with E-state index in [1.54, 1.807) is 0 Å². The van der Waals surface area contributed by atoms with Crippen molar-refractivity contribution in [3.05, 3.63) is 64.7 Å². The minimum Gasteiger partial charge on any atom is -0.507 e. The molecule has 0 aromatic heterocycles. The third kappa shape index (κ3) is 4.31. The monoisotopic (exact) mass is 284 g/mol. The Labute approximate surface area is 127 Å².